The highest BCUT2D eigenvalue weighted by Gasteiger charge is 2.40. The van der Waals surface area contributed by atoms with Gasteiger partial charge in [0.1, 0.15) is 17.7 Å². The third-order valence-corrected chi connectivity index (χ3v) is 11.5. The van der Waals surface area contributed by atoms with E-state index in [1.165, 1.54) is 7.11 Å². The van der Waals surface area contributed by atoms with E-state index < -0.39 is 30.6 Å². The number of primary amides is 1. The molecule has 5 N–H and O–H groups in total. The van der Waals surface area contributed by atoms with Crippen LogP contribution in [0.25, 0.3) is 33.6 Å². The van der Waals surface area contributed by atoms with Gasteiger partial charge in [0.2, 0.25) is 5.91 Å². The second kappa shape index (κ2) is 18.7. The molecular formula is C44H56N8O8. The van der Waals surface area contributed by atoms with Crippen molar-refractivity contribution in [3.05, 3.63) is 72.1 Å². The molecule has 4 atom stereocenters. The largest absolute Gasteiger partial charge is 0.453 e. The molecule has 0 bridgehead atoms. The fraction of sp³-hybridized carbons (Fsp3) is 0.500. The molecule has 4 aromatic rings. The number of carbonyl (C=O) groups is 4. The third-order valence-electron chi connectivity index (χ3n) is 11.5. The molecule has 0 spiro atoms. The monoisotopic (exact) mass is 824 g/mol. The number of amides is 4. The highest BCUT2D eigenvalue weighted by Crippen LogP contribution is 2.37. The molecule has 0 aliphatic carbocycles. The third kappa shape index (κ3) is 9.34. The van der Waals surface area contributed by atoms with Gasteiger partial charge in [-0.25, -0.2) is 19.6 Å². The zero-order valence-electron chi connectivity index (χ0n) is 34.9. The molecule has 2 unspecified atom stereocenters. The van der Waals surface area contributed by atoms with Crippen LogP contribution in [0.3, 0.4) is 0 Å². The molecule has 0 saturated carbocycles. The van der Waals surface area contributed by atoms with Crippen molar-refractivity contribution in [2.75, 3.05) is 33.4 Å². The van der Waals surface area contributed by atoms with E-state index in [0.29, 0.717) is 50.8 Å². The molecule has 3 aliphatic heterocycles. The number of benzene rings is 2. The predicted molar refractivity (Wildman–Crippen MR) is 222 cm³/mol. The number of H-pyrrole nitrogens is 2. The number of aromatic nitrogens is 4. The van der Waals surface area contributed by atoms with Crippen LogP contribution < -0.4 is 11.1 Å². The topological polar surface area (TPSA) is 207 Å². The van der Waals surface area contributed by atoms with Crippen LogP contribution in [0.5, 0.6) is 0 Å². The predicted octanol–water partition coefficient (Wildman–Crippen LogP) is 6.27. The van der Waals surface area contributed by atoms with E-state index in [0.717, 1.165) is 65.0 Å². The average molecular weight is 825 g/mol. The zero-order chi connectivity index (χ0) is 42.5. The van der Waals surface area contributed by atoms with E-state index in [1.807, 2.05) is 52.0 Å². The number of nitrogens with one attached hydrogen (secondary N) is 3. The SMILES string of the molecule is COC(=O)NC(C(=O)N1CCCC1c1ncc(-c2ccc(-c3ccc(-c4nc([C@@H]5CCCN5C(=O)[C@@H](OC(N)=O)C(C)C)[nH]c4CC4OCCCO4)cc3)cc2)[nH]1)C(C)C. The lowest BCUT2D eigenvalue weighted by Gasteiger charge is -2.30. The van der Waals surface area contributed by atoms with Crippen molar-refractivity contribution in [1.29, 1.82) is 0 Å². The first-order valence-electron chi connectivity index (χ1n) is 20.9. The first-order chi connectivity index (χ1) is 28.9. The Bertz CT molecular complexity index is 2130. The van der Waals surface area contributed by atoms with Crippen LogP contribution in [-0.4, -0.2) is 106 Å². The summed E-state index contributed by atoms with van der Waals surface area (Å²) in [6.45, 7) is 9.78. The van der Waals surface area contributed by atoms with Gasteiger partial charge >= 0.3 is 12.2 Å². The van der Waals surface area contributed by atoms with Crippen LogP contribution in [0.4, 0.5) is 9.59 Å². The molecule has 3 saturated heterocycles. The van der Waals surface area contributed by atoms with Crippen LogP contribution in [0.15, 0.2) is 54.7 Å². The van der Waals surface area contributed by atoms with Crippen molar-refractivity contribution in [2.45, 2.75) is 96.7 Å². The molecule has 5 heterocycles. The summed E-state index contributed by atoms with van der Waals surface area (Å²) in [5.41, 5.74) is 11.7. The second-order valence-corrected chi connectivity index (χ2v) is 16.4. The summed E-state index contributed by atoms with van der Waals surface area (Å²) in [5.74, 6) is 0.567. The number of methoxy groups -OCH3 is 1. The number of nitrogens with two attached hydrogens (primary N) is 1. The lowest BCUT2D eigenvalue weighted by atomic mass is 10.00. The number of rotatable bonds is 13. The minimum atomic E-state index is -0.985. The Balaban J connectivity index is 1.08. The highest BCUT2D eigenvalue weighted by atomic mass is 16.7. The maximum atomic E-state index is 13.7. The summed E-state index contributed by atoms with van der Waals surface area (Å²) in [4.78, 5) is 71.3. The number of aromatic amines is 2. The average Bonchev–Trinajstić information content (AvgIpc) is 4.09. The highest BCUT2D eigenvalue weighted by molar-refractivity contribution is 5.86. The number of likely N-dealkylation sites (tertiary alicyclic amines) is 2. The first kappa shape index (κ1) is 42.4. The molecule has 2 aromatic heterocycles. The molecule has 7 rings (SSSR count). The van der Waals surface area contributed by atoms with Crippen LogP contribution in [-0.2, 0) is 35.0 Å². The summed E-state index contributed by atoms with van der Waals surface area (Å²) in [5, 5.41) is 2.70. The Labute approximate surface area is 349 Å². The van der Waals surface area contributed by atoms with E-state index >= 15 is 0 Å². The van der Waals surface area contributed by atoms with E-state index in [9.17, 15) is 19.2 Å². The maximum absolute atomic E-state index is 13.7. The summed E-state index contributed by atoms with van der Waals surface area (Å²) in [6.07, 6.45) is 3.18. The van der Waals surface area contributed by atoms with Gasteiger partial charge in [-0.1, -0.05) is 76.2 Å². The van der Waals surface area contributed by atoms with Crippen LogP contribution >= 0.6 is 0 Å². The molecule has 3 fully saturated rings. The standard InChI is InChI=1S/C44H56N8O8/c1-25(2)36(50-44(56)57-5)41(53)51-19-6-9-33(51)39-46-24-32(48-39)29-15-11-27(12-16-29)28-13-17-30(18-14-28)37-31(23-35-58-21-8-22-59-35)47-40(49-37)34-10-7-20-52(34)42(54)38(26(3)4)60-43(45)55/h11-18,24-26,33-36,38H,6-10,19-23H2,1-5H3,(H2,45,55)(H,46,48)(H,47,49)(H,50,56)/t33?,34-,36?,38-/m0/s1. The van der Waals surface area contributed by atoms with Crippen molar-refractivity contribution in [1.82, 2.24) is 35.1 Å². The van der Waals surface area contributed by atoms with Gasteiger partial charge in [-0.15, -0.1) is 0 Å². The molecule has 2 aromatic carbocycles. The number of nitrogens with zero attached hydrogens (tertiary/aromatic N) is 4. The summed E-state index contributed by atoms with van der Waals surface area (Å²) >= 11 is 0. The summed E-state index contributed by atoms with van der Waals surface area (Å²) in [6, 6.07) is 15.2. The lowest BCUT2D eigenvalue weighted by molar-refractivity contribution is -0.177. The molecular weight excluding hydrogens is 769 g/mol. The Hall–Kier alpha value is -5.74. The Morgan fingerprint density at radius 3 is 1.97 bits per heavy atom. The maximum Gasteiger partial charge on any atom is 0.407 e. The Morgan fingerprint density at radius 1 is 0.800 bits per heavy atom. The van der Waals surface area contributed by atoms with Crippen LogP contribution in [0.1, 0.15) is 89.2 Å². The number of carbonyl (C=O) groups excluding carboxylic acids is 4. The fourth-order valence-electron chi connectivity index (χ4n) is 8.38. The molecule has 320 valence electrons. The van der Waals surface area contributed by atoms with Gasteiger partial charge in [0.05, 0.1) is 50.0 Å². The van der Waals surface area contributed by atoms with Gasteiger partial charge in [-0.05, 0) is 60.6 Å². The van der Waals surface area contributed by atoms with Crippen molar-refractivity contribution in [3.63, 3.8) is 0 Å². The zero-order valence-corrected chi connectivity index (χ0v) is 34.9. The number of alkyl carbamates (subject to hydrolysis) is 1. The van der Waals surface area contributed by atoms with Crippen molar-refractivity contribution >= 4 is 24.0 Å². The van der Waals surface area contributed by atoms with Gasteiger partial charge in [0.15, 0.2) is 12.4 Å². The quantitative estimate of drug-likeness (QED) is 0.119. The van der Waals surface area contributed by atoms with E-state index in [4.69, 9.17) is 29.7 Å². The van der Waals surface area contributed by atoms with E-state index in [2.05, 4.69) is 44.5 Å². The molecule has 0 radical (unpaired) electrons. The van der Waals surface area contributed by atoms with Gasteiger partial charge < -0.3 is 49.8 Å². The smallest absolute Gasteiger partial charge is 0.407 e. The van der Waals surface area contributed by atoms with Crippen molar-refractivity contribution < 1.29 is 38.1 Å². The van der Waals surface area contributed by atoms with Gasteiger partial charge in [0.25, 0.3) is 5.91 Å². The van der Waals surface area contributed by atoms with Gasteiger partial charge in [-0.2, -0.15) is 0 Å². The summed E-state index contributed by atoms with van der Waals surface area (Å²) < 4.78 is 21.9. The Kier molecular flexibility index (Phi) is 13.2. The molecule has 16 heteroatoms. The molecule has 4 amide bonds. The molecule has 60 heavy (non-hydrogen) atoms. The number of hydrogen-bond acceptors (Lipinski definition) is 10. The number of imidazole rings is 2. The van der Waals surface area contributed by atoms with Crippen LogP contribution in [0.2, 0.25) is 0 Å². The van der Waals surface area contributed by atoms with Crippen LogP contribution in [0, 0.1) is 11.8 Å². The minimum absolute atomic E-state index is 0.116. The second-order valence-electron chi connectivity index (χ2n) is 16.4. The number of ether oxygens (including phenoxy) is 4. The van der Waals surface area contributed by atoms with Gasteiger partial charge in [-0.3, -0.25) is 9.59 Å². The van der Waals surface area contributed by atoms with E-state index in [-0.39, 0.29) is 35.7 Å². The molecule has 16 nitrogen and oxygen atoms in total. The Morgan fingerprint density at radius 2 is 1.38 bits per heavy atom. The van der Waals surface area contributed by atoms with E-state index in [1.54, 1.807) is 16.0 Å². The molecule has 3 aliphatic rings. The van der Waals surface area contributed by atoms with Gasteiger partial charge in [0, 0.05) is 30.8 Å². The van der Waals surface area contributed by atoms with Crippen molar-refractivity contribution in [3.8, 4) is 33.6 Å². The minimum Gasteiger partial charge on any atom is -0.453 e. The number of hydrogen-bond donors (Lipinski definition) is 4. The van der Waals surface area contributed by atoms with Crippen molar-refractivity contribution in [2.24, 2.45) is 17.6 Å². The first-order valence-corrected chi connectivity index (χ1v) is 20.9. The lowest BCUT2D eigenvalue weighted by Crippen LogP contribution is -2.51. The fourth-order valence-corrected chi connectivity index (χ4v) is 8.38. The summed E-state index contributed by atoms with van der Waals surface area (Å²) in [7, 11) is 1.29. The normalized spacial score (nSPS) is 19.4.